The number of likely N-dealkylation sites (N-methyl/N-ethyl adjacent to an activating group) is 1. The Kier molecular flexibility index (Phi) is 5.96. The Bertz CT molecular complexity index is 454. The van der Waals surface area contributed by atoms with E-state index in [1.807, 2.05) is 0 Å². The first-order valence-corrected chi connectivity index (χ1v) is 9.57. The summed E-state index contributed by atoms with van der Waals surface area (Å²) in [7, 11) is 0. The van der Waals surface area contributed by atoms with Gasteiger partial charge in [-0.05, 0) is 43.0 Å². The standard InChI is InChI=1S/C20H33N3/c1-3-18-9-11-23(12-10-18)20-7-5-19(6-8-20)17-22-15-13-21(4-2)14-16-22/h5-8,18H,3-4,9-17H2,1-2H3. The molecule has 3 rings (SSSR count). The number of hydrogen-bond acceptors (Lipinski definition) is 3. The molecule has 0 saturated carbocycles. The van der Waals surface area contributed by atoms with Crippen LogP contribution in [0.5, 0.6) is 0 Å². The van der Waals surface area contributed by atoms with E-state index in [-0.39, 0.29) is 0 Å². The van der Waals surface area contributed by atoms with E-state index in [0.29, 0.717) is 0 Å². The molecule has 0 unspecified atom stereocenters. The second kappa shape index (κ2) is 8.16. The zero-order valence-corrected chi connectivity index (χ0v) is 15.0. The van der Waals surface area contributed by atoms with Crippen LogP contribution in [0.3, 0.4) is 0 Å². The topological polar surface area (TPSA) is 9.72 Å². The molecule has 0 aliphatic carbocycles. The Morgan fingerprint density at radius 1 is 0.826 bits per heavy atom. The summed E-state index contributed by atoms with van der Waals surface area (Å²) in [5, 5.41) is 0. The number of nitrogens with zero attached hydrogens (tertiary/aromatic N) is 3. The molecule has 2 fully saturated rings. The van der Waals surface area contributed by atoms with Gasteiger partial charge in [0, 0.05) is 51.5 Å². The number of piperazine rings is 1. The molecule has 0 spiro atoms. The van der Waals surface area contributed by atoms with E-state index in [1.165, 1.54) is 76.3 Å². The van der Waals surface area contributed by atoms with E-state index in [2.05, 4.69) is 52.8 Å². The lowest BCUT2D eigenvalue weighted by atomic mass is 9.94. The molecule has 0 radical (unpaired) electrons. The highest BCUT2D eigenvalue weighted by Crippen LogP contribution is 2.25. The van der Waals surface area contributed by atoms with Gasteiger partial charge >= 0.3 is 0 Å². The van der Waals surface area contributed by atoms with E-state index in [4.69, 9.17) is 0 Å². The van der Waals surface area contributed by atoms with Crippen molar-refractivity contribution >= 4 is 5.69 Å². The summed E-state index contributed by atoms with van der Waals surface area (Å²) in [5.41, 5.74) is 2.88. The van der Waals surface area contributed by atoms with Gasteiger partial charge in [0.15, 0.2) is 0 Å². The van der Waals surface area contributed by atoms with Crippen LogP contribution < -0.4 is 4.90 Å². The largest absolute Gasteiger partial charge is 0.372 e. The van der Waals surface area contributed by atoms with Crippen LogP contribution >= 0.6 is 0 Å². The predicted molar refractivity (Wildman–Crippen MR) is 99.1 cm³/mol. The van der Waals surface area contributed by atoms with Crippen LogP contribution in [-0.2, 0) is 6.54 Å². The lowest BCUT2D eigenvalue weighted by Gasteiger charge is -2.34. The minimum absolute atomic E-state index is 0.951. The van der Waals surface area contributed by atoms with Crippen LogP contribution in [0, 0.1) is 5.92 Å². The lowest BCUT2D eigenvalue weighted by Crippen LogP contribution is -2.45. The zero-order valence-electron chi connectivity index (χ0n) is 15.0. The normalized spacial score (nSPS) is 21.7. The Balaban J connectivity index is 1.50. The first kappa shape index (κ1) is 16.8. The Morgan fingerprint density at radius 2 is 1.43 bits per heavy atom. The molecule has 128 valence electrons. The molecule has 23 heavy (non-hydrogen) atoms. The number of benzene rings is 1. The summed E-state index contributed by atoms with van der Waals surface area (Å²) in [5.74, 6) is 0.951. The molecule has 2 saturated heterocycles. The molecular formula is C20H33N3. The highest BCUT2D eigenvalue weighted by molar-refractivity contribution is 5.48. The number of piperidine rings is 1. The summed E-state index contributed by atoms with van der Waals surface area (Å²) in [6, 6.07) is 9.36. The molecule has 2 aliphatic rings. The Morgan fingerprint density at radius 3 is 2.00 bits per heavy atom. The van der Waals surface area contributed by atoms with Gasteiger partial charge in [0.25, 0.3) is 0 Å². The van der Waals surface area contributed by atoms with E-state index in [1.54, 1.807) is 0 Å². The monoisotopic (exact) mass is 315 g/mol. The van der Waals surface area contributed by atoms with Crippen molar-refractivity contribution in [3.63, 3.8) is 0 Å². The molecule has 0 bridgehead atoms. The fourth-order valence-electron chi connectivity index (χ4n) is 3.93. The van der Waals surface area contributed by atoms with Gasteiger partial charge in [0.2, 0.25) is 0 Å². The zero-order chi connectivity index (χ0) is 16.1. The third-order valence-corrected chi connectivity index (χ3v) is 5.81. The lowest BCUT2D eigenvalue weighted by molar-refractivity contribution is 0.132. The molecule has 2 aliphatic heterocycles. The van der Waals surface area contributed by atoms with Crippen molar-refractivity contribution in [1.29, 1.82) is 0 Å². The summed E-state index contributed by atoms with van der Waals surface area (Å²) < 4.78 is 0. The van der Waals surface area contributed by atoms with Gasteiger partial charge in [-0.15, -0.1) is 0 Å². The van der Waals surface area contributed by atoms with Crippen LogP contribution in [0.25, 0.3) is 0 Å². The van der Waals surface area contributed by atoms with Crippen LogP contribution in [0.2, 0.25) is 0 Å². The van der Waals surface area contributed by atoms with Crippen molar-refractivity contribution in [2.45, 2.75) is 39.7 Å². The van der Waals surface area contributed by atoms with Crippen molar-refractivity contribution in [3.05, 3.63) is 29.8 Å². The fourth-order valence-corrected chi connectivity index (χ4v) is 3.93. The minimum Gasteiger partial charge on any atom is -0.372 e. The highest BCUT2D eigenvalue weighted by atomic mass is 15.3. The third-order valence-electron chi connectivity index (χ3n) is 5.81. The number of anilines is 1. The smallest absolute Gasteiger partial charge is 0.0366 e. The SMILES string of the molecule is CCC1CCN(c2ccc(CN3CCN(CC)CC3)cc2)CC1. The fraction of sp³-hybridized carbons (Fsp3) is 0.700. The summed E-state index contributed by atoms with van der Waals surface area (Å²) in [6.45, 7) is 14.2. The maximum Gasteiger partial charge on any atom is 0.0366 e. The molecule has 1 aromatic rings. The molecular weight excluding hydrogens is 282 g/mol. The Labute approximate surface area is 142 Å². The van der Waals surface area contributed by atoms with Gasteiger partial charge in [-0.3, -0.25) is 4.90 Å². The van der Waals surface area contributed by atoms with E-state index >= 15 is 0 Å². The van der Waals surface area contributed by atoms with Gasteiger partial charge in [-0.25, -0.2) is 0 Å². The summed E-state index contributed by atoms with van der Waals surface area (Å²) in [4.78, 5) is 7.70. The molecule has 0 amide bonds. The van der Waals surface area contributed by atoms with Gasteiger partial charge < -0.3 is 9.80 Å². The maximum absolute atomic E-state index is 2.59. The molecule has 0 atom stereocenters. The van der Waals surface area contributed by atoms with Crippen molar-refractivity contribution < 1.29 is 0 Å². The Hall–Kier alpha value is -1.06. The van der Waals surface area contributed by atoms with Gasteiger partial charge in [0.05, 0.1) is 0 Å². The second-order valence-electron chi connectivity index (χ2n) is 7.22. The minimum atomic E-state index is 0.951. The van der Waals surface area contributed by atoms with Crippen molar-refractivity contribution in [3.8, 4) is 0 Å². The molecule has 1 aromatic carbocycles. The predicted octanol–water partition coefficient (Wildman–Crippen LogP) is 3.45. The maximum atomic E-state index is 2.59. The highest BCUT2D eigenvalue weighted by Gasteiger charge is 2.18. The number of hydrogen-bond donors (Lipinski definition) is 0. The first-order chi connectivity index (χ1) is 11.3. The van der Waals surface area contributed by atoms with Gasteiger partial charge in [-0.1, -0.05) is 32.4 Å². The second-order valence-corrected chi connectivity index (χ2v) is 7.22. The number of rotatable bonds is 5. The van der Waals surface area contributed by atoms with Crippen molar-refractivity contribution in [1.82, 2.24) is 9.80 Å². The summed E-state index contributed by atoms with van der Waals surface area (Å²) in [6.07, 6.45) is 4.07. The quantitative estimate of drug-likeness (QED) is 0.824. The van der Waals surface area contributed by atoms with Gasteiger partial charge in [0.1, 0.15) is 0 Å². The van der Waals surface area contributed by atoms with E-state index < -0.39 is 0 Å². The molecule has 0 aromatic heterocycles. The van der Waals surface area contributed by atoms with Crippen LogP contribution in [0.1, 0.15) is 38.7 Å². The van der Waals surface area contributed by atoms with E-state index in [0.717, 1.165) is 12.5 Å². The average Bonchev–Trinajstić information content (AvgIpc) is 2.63. The molecule has 3 nitrogen and oxygen atoms in total. The first-order valence-electron chi connectivity index (χ1n) is 9.57. The summed E-state index contributed by atoms with van der Waals surface area (Å²) >= 11 is 0. The van der Waals surface area contributed by atoms with Crippen LogP contribution in [-0.4, -0.2) is 55.6 Å². The van der Waals surface area contributed by atoms with Crippen molar-refractivity contribution in [2.75, 3.05) is 50.7 Å². The van der Waals surface area contributed by atoms with Crippen LogP contribution in [0.15, 0.2) is 24.3 Å². The third kappa shape index (κ3) is 4.48. The molecule has 0 N–H and O–H groups in total. The molecule has 3 heteroatoms. The molecule has 2 heterocycles. The van der Waals surface area contributed by atoms with Crippen LogP contribution in [0.4, 0.5) is 5.69 Å². The van der Waals surface area contributed by atoms with Crippen molar-refractivity contribution in [2.24, 2.45) is 5.92 Å². The van der Waals surface area contributed by atoms with Gasteiger partial charge in [-0.2, -0.15) is 0 Å². The van der Waals surface area contributed by atoms with E-state index in [9.17, 15) is 0 Å². The average molecular weight is 316 g/mol.